The van der Waals surface area contributed by atoms with Crippen molar-refractivity contribution in [2.75, 3.05) is 19.7 Å². The van der Waals surface area contributed by atoms with E-state index in [0.717, 1.165) is 0 Å². The summed E-state index contributed by atoms with van der Waals surface area (Å²) in [5, 5.41) is 8.43. The van der Waals surface area contributed by atoms with E-state index in [2.05, 4.69) is 0 Å². The third-order valence-electron chi connectivity index (χ3n) is 2.86. The number of likely N-dealkylation sites (tertiary alicyclic amines) is 1. The number of hydrogen-bond acceptors (Lipinski definition) is 3. The van der Waals surface area contributed by atoms with Gasteiger partial charge in [0.25, 0.3) is 0 Å². The van der Waals surface area contributed by atoms with Gasteiger partial charge in [0.2, 0.25) is 5.91 Å². The minimum absolute atomic E-state index is 0.247. The number of carboxylic acids is 1. The molecule has 5 nitrogen and oxygen atoms in total. The minimum Gasteiger partial charge on any atom is -0.480 e. The normalized spacial score (nSPS) is 17.5. The highest BCUT2D eigenvalue weighted by Gasteiger charge is 2.30. The average Bonchev–Trinajstić information content (AvgIpc) is 2.33. The molecule has 1 saturated heterocycles. The van der Waals surface area contributed by atoms with Crippen molar-refractivity contribution in [3.63, 3.8) is 0 Å². The van der Waals surface area contributed by atoms with E-state index < -0.39 is 37.5 Å². The monoisotopic (exact) mass is 283 g/mol. The molecule has 19 heavy (non-hydrogen) atoms. The maximum Gasteiger partial charge on any atom is 0.389 e. The van der Waals surface area contributed by atoms with Gasteiger partial charge in [0.05, 0.1) is 12.5 Å². The van der Waals surface area contributed by atoms with E-state index in [-0.39, 0.29) is 6.10 Å². The Bertz CT molecular complexity index is 324. The van der Waals surface area contributed by atoms with Crippen LogP contribution < -0.4 is 0 Å². The Morgan fingerprint density at radius 1 is 1.26 bits per heavy atom. The van der Waals surface area contributed by atoms with Crippen LogP contribution in [0.1, 0.15) is 25.7 Å². The van der Waals surface area contributed by atoms with Gasteiger partial charge in [0.1, 0.15) is 6.61 Å². The zero-order chi connectivity index (χ0) is 14.5. The number of hydrogen-bond donors (Lipinski definition) is 1. The Kier molecular flexibility index (Phi) is 5.59. The largest absolute Gasteiger partial charge is 0.480 e. The van der Waals surface area contributed by atoms with Crippen LogP contribution in [0.5, 0.6) is 0 Å². The number of carbonyl (C=O) groups is 2. The Balaban J connectivity index is 2.25. The summed E-state index contributed by atoms with van der Waals surface area (Å²) in [5.41, 5.74) is 0. The average molecular weight is 283 g/mol. The van der Waals surface area contributed by atoms with Gasteiger partial charge < -0.3 is 14.7 Å². The van der Waals surface area contributed by atoms with E-state index in [9.17, 15) is 22.8 Å². The van der Waals surface area contributed by atoms with E-state index >= 15 is 0 Å². The van der Waals surface area contributed by atoms with E-state index in [1.165, 1.54) is 4.90 Å². The molecule has 1 amide bonds. The van der Waals surface area contributed by atoms with Crippen LogP contribution in [-0.2, 0) is 14.3 Å². The van der Waals surface area contributed by atoms with Crippen molar-refractivity contribution in [3.8, 4) is 0 Å². The van der Waals surface area contributed by atoms with E-state index in [1.807, 2.05) is 0 Å². The summed E-state index contributed by atoms with van der Waals surface area (Å²) in [6.45, 7) is 0.217. The van der Waals surface area contributed by atoms with Gasteiger partial charge in [-0.05, 0) is 12.8 Å². The molecule has 1 aliphatic heterocycles. The molecule has 0 aliphatic carbocycles. The SMILES string of the molecule is O=C(O)COC1CCN(C(=O)CCC(F)(F)F)CC1. The van der Waals surface area contributed by atoms with Crippen molar-refractivity contribution in [1.29, 1.82) is 0 Å². The van der Waals surface area contributed by atoms with Gasteiger partial charge >= 0.3 is 12.1 Å². The molecule has 0 aromatic carbocycles. The number of halogens is 3. The zero-order valence-corrected chi connectivity index (χ0v) is 10.3. The molecule has 0 unspecified atom stereocenters. The second-order valence-corrected chi connectivity index (χ2v) is 4.40. The summed E-state index contributed by atoms with van der Waals surface area (Å²) >= 11 is 0. The van der Waals surface area contributed by atoms with Crippen LogP contribution in [-0.4, -0.2) is 53.9 Å². The lowest BCUT2D eigenvalue weighted by Crippen LogP contribution is -2.41. The molecule has 0 atom stereocenters. The van der Waals surface area contributed by atoms with Crippen LogP contribution in [0.15, 0.2) is 0 Å². The number of carboxylic acid groups (broad SMARTS) is 1. The van der Waals surface area contributed by atoms with Crippen LogP contribution in [0.25, 0.3) is 0 Å². The molecular weight excluding hydrogens is 267 g/mol. The zero-order valence-electron chi connectivity index (χ0n) is 10.3. The molecule has 0 bridgehead atoms. The van der Waals surface area contributed by atoms with E-state index in [0.29, 0.717) is 25.9 Å². The molecule has 0 aromatic heterocycles. The van der Waals surface area contributed by atoms with Crippen LogP contribution in [0.3, 0.4) is 0 Å². The summed E-state index contributed by atoms with van der Waals surface area (Å²) in [5.74, 6) is -1.59. The fraction of sp³-hybridized carbons (Fsp3) is 0.818. The summed E-state index contributed by atoms with van der Waals surface area (Å²) in [7, 11) is 0. The highest BCUT2D eigenvalue weighted by atomic mass is 19.4. The van der Waals surface area contributed by atoms with Crippen molar-refractivity contribution in [2.24, 2.45) is 0 Å². The Morgan fingerprint density at radius 2 is 1.84 bits per heavy atom. The first-order chi connectivity index (χ1) is 8.78. The molecule has 1 heterocycles. The summed E-state index contributed by atoms with van der Waals surface area (Å²) in [6.07, 6.45) is -5.32. The molecule has 0 spiro atoms. The molecular formula is C11H16F3NO4. The van der Waals surface area contributed by atoms with E-state index in [1.54, 1.807) is 0 Å². The number of piperidine rings is 1. The molecule has 1 fully saturated rings. The van der Waals surface area contributed by atoms with Crippen molar-refractivity contribution in [2.45, 2.75) is 38.0 Å². The third kappa shape index (κ3) is 6.42. The predicted octanol–water partition coefficient (Wildman–Crippen LogP) is 1.42. The second kappa shape index (κ2) is 6.74. The number of amides is 1. The number of ether oxygens (including phenoxy) is 1. The number of alkyl halides is 3. The maximum atomic E-state index is 12.0. The van der Waals surface area contributed by atoms with Gasteiger partial charge in [0.15, 0.2) is 0 Å². The van der Waals surface area contributed by atoms with Gasteiger partial charge in [-0.15, -0.1) is 0 Å². The molecule has 110 valence electrons. The van der Waals surface area contributed by atoms with Crippen molar-refractivity contribution < 1.29 is 32.6 Å². The molecule has 8 heteroatoms. The lowest BCUT2D eigenvalue weighted by molar-refractivity contribution is -0.151. The van der Waals surface area contributed by atoms with Crippen LogP contribution in [0.4, 0.5) is 13.2 Å². The Hall–Kier alpha value is -1.31. The molecule has 1 rings (SSSR count). The molecule has 1 aliphatic rings. The number of rotatable bonds is 5. The topological polar surface area (TPSA) is 66.8 Å². The molecule has 0 saturated carbocycles. The third-order valence-corrected chi connectivity index (χ3v) is 2.86. The van der Waals surface area contributed by atoms with E-state index in [4.69, 9.17) is 9.84 Å². The fourth-order valence-electron chi connectivity index (χ4n) is 1.87. The highest BCUT2D eigenvalue weighted by Crippen LogP contribution is 2.23. The number of nitrogens with zero attached hydrogens (tertiary/aromatic N) is 1. The van der Waals surface area contributed by atoms with Gasteiger partial charge in [-0.2, -0.15) is 13.2 Å². The molecule has 1 N–H and O–H groups in total. The first kappa shape index (κ1) is 15.7. The minimum atomic E-state index is -4.32. The molecule has 0 radical (unpaired) electrons. The van der Waals surface area contributed by atoms with Crippen LogP contribution in [0, 0.1) is 0 Å². The number of aliphatic carboxylic acids is 1. The van der Waals surface area contributed by atoms with Crippen molar-refractivity contribution in [3.05, 3.63) is 0 Å². The fourth-order valence-corrected chi connectivity index (χ4v) is 1.87. The van der Waals surface area contributed by atoms with Crippen molar-refractivity contribution >= 4 is 11.9 Å². The quantitative estimate of drug-likeness (QED) is 0.828. The Morgan fingerprint density at radius 3 is 2.32 bits per heavy atom. The number of carbonyl (C=O) groups excluding carboxylic acids is 1. The summed E-state index contributed by atoms with van der Waals surface area (Å²) in [6, 6.07) is 0. The van der Waals surface area contributed by atoms with Crippen molar-refractivity contribution in [1.82, 2.24) is 4.90 Å². The molecule has 0 aromatic rings. The van der Waals surface area contributed by atoms with Gasteiger partial charge in [-0.25, -0.2) is 4.79 Å². The first-order valence-corrected chi connectivity index (χ1v) is 5.96. The standard InChI is InChI=1S/C11H16F3NO4/c12-11(13,14)4-1-9(16)15-5-2-8(3-6-15)19-7-10(17)18/h8H,1-7H2,(H,17,18). The van der Waals surface area contributed by atoms with Gasteiger partial charge in [-0.1, -0.05) is 0 Å². The second-order valence-electron chi connectivity index (χ2n) is 4.40. The maximum absolute atomic E-state index is 12.0. The lowest BCUT2D eigenvalue weighted by atomic mass is 10.1. The first-order valence-electron chi connectivity index (χ1n) is 5.96. The van der Waals surface area contributed by atoms with Gasteiger partial charge in [-0.3, -0.25) is 4.79 Å². The van der Waals surface area contributed by atoms with Crippen LogP contribution in [0.2, 0.25) is 0 Å². The van der Waals surface area contributed by atoms with Gasteiger partial charge in [0, 0.05) is 19.5 Å². The summed E-state index contributed by atoms with van der Waals surface area (Å²) in [4.78, 5) is 23.2. The lowest BCUT2D eigenvalue weighted by Gasteiger charge is -2.31. The summed E-state index contributed by atoms with van der Waals surface area (Å²) < 4.78 is 41.0. The van der Waals surface area contributed by atoms with Crippen LogP contribution >= 0.6 is 0 Å². The smallest absolute Gasteiger partial charge is 0.389 e. The predicted molar refractivity (Wildman–Crippen MR) is 58.5 cm³/mol. The highest BCUT2D eigenvalue weighted by molar-refractivity contribution is 5.76. The Labute approximate surface area is 108 Å².